The van der Waals surface area contributed by atoms with Crippen LogP contribution in [0.25, 0.3) is 11.4 Å². The minimum absolute atomic E-state index is 0.247. The van der Waals surface area contributed by atoms with Gasteiger partial charge in [-0.1, -0.05) is 30.3 Å². The monoisotopic (exact) mass is 270 g/mol. The van der Waals surface area contributed by atoms with Crippen molar-refractivity contribution in [1.29, 1.82) is 0 Å². The molecule has 1 aromatic carbocycles. The van der Waals surface area contributed by atoms with E-state index in [1.165, 1.54) is 0 Å². The molecule has 104 valence electrons. The van der Waals surface area contributed by atoms with Crippen molar-refractivity contribution >= 4 is 5.95 Å². The number of hydrogen-bond donors (Lipinski definition) is 1. The first-order valence-electron chi connectivity index (χ1n) is 6.86. The van der Waals surface area contributed by atoms with Gasteiger partial charge in [0.1, 0.15) is 5.60 Å². The molecule has 20 heavy (non-hydrogen) atoms. The number of nitrogens with zero attached hydrogens (tertiary/aromatic N) is 3. The second-order valence-electron chi connectivity index (χ2n) is 5.11. The Morgan fingerprint density at radius 1 is 1.05 bits per heavy atom. The average molecular weight is 270 g/mol. The van der Waals surface area contributed by atoms with E-state index in [0.29, 0.717) is 11.6 Å². The van der Waals surface area contributed by atoms with Crippen LogP contribution in [0.3, 0.4) is 0 Å². The summed E-state index contributed by atoms with van der Waals surface area (Å²) in [6.45, 7) is 0. The molecule has 0 atom stereocenters. The van der Waals surface area contributed by atoms with Gasteiger partial charge >= 0.3 is 0 Å². The minimum Gasteiger partial charge on any atom is -0.370 e. The van der Waals surface area contributed by atoms with Crippen LogP contribution in [0.1, 0.15) is 31.5 Å². The average Bonchev–Trinajstić information content (AvgIpc) is 2.98. The molecule has 0 aliphatic heterocycles. The van der Waals surface area contributed by atoms with Gasteiger partial charge in [0, 0.05) is 12.7 Å². The summed E-state index contributed by atoms with van der Waals surface area (Å²) in [6, 6.07) is 9.80. The lowest BCUT2D eigenvalue weighted by atomic mass is 10.0. The zero-order valence-electron chi connectivity index (χ0n) is 11.5. The Morgan fingerprint density at radius 2 is 1.75 bits per heavy atom. The summed E-state index contributed by atoms with van der Waals surface area (Å²) in [4.78, 5) is 13.2. The number of methoxy groups -OCH3 is 1. The maximum Gasteiger partial charge on any atom is 0.223 e. The lowest BCUT2D eigenvalue weighted by Crippen LogP contribution is -2.28. The molecule has 3 rings (SSSR count). The highest BCUT2D eigenvalue weighted by Gasteiger charge is 2.39. The summed E-state index contributed by atoms with van der Waals surface area (Å²) in [5.41, 5.74) is 6.40. The number of anilines is 1. The highest BCUT2D eigenvalue weighted by Crippen LogP contribution is 2.40. The van der Waals surface area contributed by atoms with E-state index in [9.17, 15) is 0 Å². The van der Waals surface area contributed by atoms with E-state index < -0.39 is 5.60 Å². The molecule has 5 heteroatoms. The number of benzene rings is 1. The van der Waals surface area contributed by atoms with E-state index in [1.807, 2.05) is 30.3 Å². The van der Waals surface area contributed by atoms with Crippen molar-refractivity contribution in [1.82, 2.24) is 15.0 Å². The molecule has 1 aromatic heterocycles. The summed E-state index contributed by atoms with van der Waals surface area (Å²) in [5.74, 6) is 1.51. The smallest absolute Gasteiger partial charge is 0.223 e. The maximum absolute atomic E-state index is 5.86. The molecule has 0 radical (unpaired) electrons. The number of rotatable bonds is 3. The van der Waals surface area contributed by atoms with Crippen molar-refractivity contribution in [3.05, 3.63) is 36.2 Å². The van der Waals surface area contributed by atoms with Gasteiger partial charge < -0.3 is 10.5 Å². The SMILES string of the molecule is COC1(c2nc(N)nc(-c3ccccc3)n2)CCCC1. The molecule has 1 aliphatic carbocycles. The summed E-state index contributed by atoms with van der Waals surface area (Å²) in [6.07, 6.45) is 4.11. The molecule has 2 N–H and O–H groups in total. The van der Waals surface area contributed by atoms with Gasteiger partial charge in [-0.25, -0.2) is 4.98 Å². The lowest BCUT2D eigenvalue weighted by molar-refractivity contribution is -0.0162. The Labute approximate surface area is 118 Å². The van der Waals surface area contributed by atoms with Crippen molar-refractivity contribution in [3.63, 3.8) is 0 Å². The van der Waals surface area contributed by atoms with E-state index in [1.54, 1.807) is 7.11 Å². The Kier molecular flexibility index (Phi) is 3.36. The van der Waals surface area contributed by atoms with Crippen LogP contribution in [-0.4, -0.2) is 22.1 Å². The third-order valence-corrected chi connectivity index (χ3v) is 3.89. The zero-order chi connectivity index (χ0) is 14.0. The number of ether oxygens (including phenoxy) is 1. The van der Waals surface area contributed by atoms with Gasteiger partial charge in [-0.3, -0.25) is 0 Å². The van der Waals surface area contributed by atoms with Gasteiger partial charge in [0.2, 0.25) is 5.95 Å². The first kappa shape index (κ1) is 13.0. The standard InChI is InChI=1S/C15H18N4O/c1-20-15(9-5-6-10-15)13-17-12(18-14(16)19-13)11-7-3-2-4-8-11/h2-4,7-8H,5-6,9-10H2,1H3,(H2,16,17,18,19). The van der Waals surface area contributed by atoms with E-state index in [0.717, 1.165) is 31.2 Å². The van der Waals surface area contributed by atoms with Crippen molar-refractivity contribution in [2.75, 3.05) is 12.8 Å². The molecule has 1 heterocycles. The minimum atomic E-state index is -0.402. The zero-order valence-corrected chi connectivity index (χ0v) is 11.5. The fourth-order valence-corrected chi connectivity index (χ4v) is 2.78. The van der Waals surface area contributed by atoms with Crippen molar-refractivity contribution in [3.8, 4) is 11.4 Å². The highest BCUT2D eigenvalue weighted by atomic mass is 16.5. The van der Waals surface area contributed by atoms with E-state index in [-0.39, 0.29) is 5.95 Å². The second-order valence-corrected chi connectivity index (χ2v) is 5.11. The van der Waals surface area contributed by atoms with Gasteiger partial charge in [-0.2, -0.15) is 9.97 Å². The van der Waals surface area contributed by atoms with Crippen molar-refractivity contribution in [2.24, 2.45) is 0 Å². The van der Waals surface area contributed by atoms with E-state index in [2.05, 4.69) is 15.0 Å². The third-order valence-electron chi connectivity index (χ3n) is 3.89. The Morgan fingerprint density at radius 3 is 2.40 bits per heavy atom. The Bertz CT molecular complexity index is 594. The molecule has 1 saturated carbocycles. The predicted octanol–water partition coefficient (Wildman–Crippen LogP) is 2.54. The van der Waals surface area contributed by atoms with E-state index >= 15 is 0 Å². The molecule has 0 unspecified atom stereocenters. The first-order chi connectivity index (χ1) is 9.73. The van der Waals surface area contributed by atoms with Gasteiger partial charge in [-0.15, -0.1) is 0 Å². The molecule has 0 bridgehead atoms. The largest absolute Gasteiger partial charge is 0.370 e. The van der Waals surface area contributed by atoms with Gasteiger partial charge in [0.05, 0.1) is 0 Å². The van der Waals surface area contributed by atoms with Crippen molar-refractivity contribution in [2.45, 2.75) is 31.3 Å². The van der Waals surface area contributed by atoms with Crippen LogP contribution in [0, 0.1) is 0 Å². The van der Waals surface area contributed by atoms with Gasteiger partial charge in [0.25, 0.3) is 0 Å². The van der Waals surface area contributed by atoms with Crippen LogP contribution in [0.15, 0.2) is 30.3 Å². The van der Waals surface area contributed by atoms with Crippen molar-refractivity contribution < 1.29 is 4.74 Å². The number of nitrogen functional groups attached to an aromatic ring is 1. The van der Waals surface area contributed by atoms with Crippen LogP contribution in [-0.2, 0) is 10.3 Å². The van der Waals surface area contributed by atoms with Crippen LogP contribution < -0.4 is 5.73 Å². The number of aromatic nitrogens is 3. The van der Waals surface area contributed by atoms with Crippen LogP contribution in [0.5, 0.6) is 0 Å². The first-order valence-corrected chi connectivity index (χ1v) is 6.86. The molecular weight excluding hydrogens is 252 g/mol. The lowest BCUT2D eigenvalue weighted by Gasteiger charge is -2.25. The van der Waals surface area contributed by atoms with E-state index in [4.69, 9.17) is 10.5 Å². The maximum atomic E-state index is 5.86. The summed E-state index contributed by atoms with van der Waals surface area (Å²) in [7, 11) is 1.72. The molecular formula is C15H18N4O. The molecule has 1 fully saturated rings. The summed E-state index contributed by atoms with van der Waals surface area (Å²) in [5, 5.41) is 0. The summed E-state index contributed by atoms with van der Waals surface area (Å²) < 4.78 is 5.72. The highest BCUT2D eigenvalue weighted by molar-refractivity contribution is 5.55. The number of nitrogens with two attached hydrogens (primary N) is 1. The second kappa shape index (κ2) is 5.17. The Hall–Kier alpha value is -2.01. The quantitative estimate of drug-likeness (QED) is 0.927. The molecule has 0 saturated heterocycles. The van der Waals surface area contributed by atoms with Gasteiger partial charge in [-0.05, 0) is 25.7 Å². The number of hydrogen-bond acceptors (Lipinski definition) is 5. The normalized spacial score (nSPS) is 17.2. The van der Waals surface area contributed by atoms with Crippen LogP contribution >= 0.6 is 0 Å². The molecule has 1 aliphatic rings. The van der Waals surface area contributed by atoms with Crippen LogP contribution in [0.2, 0.25) is 0 Å². The summed E-state index contributed by atoms with van der Waals surface area (Å²) >= 11 is 0. The Balaban J connectivity index is 2.07. The molecule has 2 aromatic rings. The van der Waals surface area contributed by atoms with Gasteiger partial charge in [0.15, 0.2) is 11.6 Å². The topological polar surface area (TPSA) is 73.9 Å². The molecule has 0 amide bonds. The molecule has 5 nitrogen and oxygen atoms in total. The molecule has 0 spiro atoms. The predicted molar refractivity (Wildman–Crippen MR) is 76.8 cm³/mol. The van der Waals surface area contributed by atoms with Crippen LogP contribution in [0.4, 0.5) is 5.95 Å². The fourth-order valence-electron chi connectivity index (χ4n) is 2.78. The third kappa shape index (κ3) is 2.25. The fraction of sp³-hybridized carbons (Fsp3) is 0.400.